The molecule has 0 saturated carbocycles. The van der Waals surface area contributed by atoms with Crippen LogP contribution >= 0.6 is 0 Å². The lowest BCUT2D eigenvalue weighted by molar-refractivity contribution is -0.274. The van der Waals surface area contributed by atoms with E-state index in [1.807, 2.05) is 23.2 Å². The maximum absolute atomic E-state index is 14.0. The number of aromatic amines is 1. The van der Waals surface area contributed by atoms with Crippen molar-refractivity contribution in [3.05, 3.63) is 83.4 Å². The highest BCUT2D eigenvalue weighted by atomic mass is 19.4. The van der Waals surface area contributed by atoms with Crippen LogP contribution in [0.2, 0.25) is 0 Å². The van der Waals surface area contributed by atoms with E-state index in [-0.39, 0.29) is 11.6 Å². The molecule has 0 fully saturated rings. The van der Waals surface area contributed by atoms with Crippen molar-refractivity contribution >= 4 is 6.08 Å². The highest BCUT2D eigenvalue weighted by molar-refractivity contribution is 5.67. The first-order chi connectivity index (χ1) is 13.4. The maximum Gasteiger partial charge on any atom is 0.573 e. The third-order valence-corrected chi connectivity index (χ3v) is 4.47. The van der Waals surface area contributed by atoms with Crippen molar-refractivity contribution in [1.29, 1.82) is 0 Å². The van der Waals surface area contributed by atoms with Gasteiger partial charge in [-0.15, -0.1) is 13.2 Å². The Balaban J connectivity index is 1.45. The lowest BCUT2D eigenvalue weighted by Crippen LogP contribution is -2.19. The summed E-state index contributed by atoms with van der Waals surface area (Å²) in [5.74, 6) is -0.533. The molecule has 3 nitrogen and oxygen atoms in total. The number of hydrogen-bond donors (Lipinski definition) is 1. The summed E-state index contributed by atoms with van der Waals surface area (Å²) in [4.78, 5) is 5.28. The van der Waals surface area contributed by atoms with Crippen LogP contribution < -0.4 is 4.74 Å². The van der Waals surface area contributed by atoms with Gasteiger partial charge in [0.15, 0.2) is 0 Å². The number of nitrogens with one attached hydrogen (secondary N) is 1. The van der Waals surface area contributed by atoms with Gasteiger partial charge in [-0.25, -0.2) is 4.39 Å². The zero-order chi connectivity index (χ0) is 19.7. The summed E-state index contributed by atoms with van der Waals surface area (Å²) >= 11 is 0. The number of H-pyrrole nitrogens is 1. The number of benzene rings is 2. The van der Waals surface area contributed by atoms with Crippen molar-refractivity contribution in [2.75, 3.05) is 0 Å². The highest BCUT2D eigenvalue weighted by Crippen LogP contribution is 2.29. The van der Waals surface area contributed by atoms with E-state index in [0.29, 0.717) is 24.3 Å². The maximum atomic E-state index is 14.0. The molecular weight excluding hydrogens is 372 g/mol. The summed E-state index contributed by atoms with van der Waals surface area (Å²) in [6.45, 7) is 1.11. The van der Waals surface area contributed by atoms with Gasteiger partial charge in [-0.1, -0.05) is 24.3 Å². The molecule has 144 valence electrons. The molecule has 1 N–H and O–H groups in total. The number of nitrogens with zero attached hydrogens (tertiary/aromatic N) is 1. The standard InChI is InChI=1S/C21H16F4N2O/c22-18-4-2-1-3-17(18)19-11-15-9-10-27(13-20(15)26-19)12-14-5-7-16(8-6-14)28-21(23,24)25/h1-11,26H,12-13H2. The molecule has 2 heterocycles. The van der Waals surface area contributed by atoms with Crippen LogP contribution in [0.15, 0.2) is 60.8 Å². The number of rotatable bonds is 4. The van der Waals surface area contributed by atoms with Crippen LogP contribution in [0.3, 0.4) is 0 Å². The summed E-state index contributed by atoms with van der Waals surface area (Å²) in [5, 5.41) is 0. The summed E-state index contributed by atoms with van der Waals surface area (Å²) in [6.07, 6.45) is -0.848. The Bertz CT molecular complexity index is 1010. The second-order valence-corrected chi connectivity index (χ2v) is 6.51. The average Bonchev–Trinajstić information content (AvgIpc) is 3.05. The molecule has 0 bridgehead atoms. The van der Waals surface area contributed by atoms with E-state index in [1.54, 1.807) is 30.3 Å². The molecule has 1 aromatic heterocycles. The fourth-order valence-corrected chi connectivity index (χ4v) is 3.20. The second-order valence-electron chi connectivity index (χ2n) is 6.51. The Kier molecular flexibility index (Phi) is 4.58. The van der Waals surface area contributed by atoms with Gasteiger partial charge < -0.3 is 14.6 Å². The number of aromatic nitrogens is 1. The summed E-state index contributed by atoms with van der Waals surface area (Å²) < 4.78 is 54.6. The third kappa shape index (κ3) is 4.03. The average molecular weight is 388 g/mol. The van der Waals surface area contributed by atoms with Crippen LogP contribution in [-0.4, -0.2) is 16.2 Å². The van der Waals surface area contributed by atoms with Gasteiger partial charge in [-0.2, -0.15) is 0 Å². The summed E-state index contributed by atoms with van der Waals surface area (Å²) in [7, 11) is 0. The Labute approximate surface area is 158 Å². The monoisotopic (exact) mass is 388 g/mol. The van der Waals surface area contributed by atoms with E-state index in [0.717, 1.165) is 16.8 Å². The van der Waals surface area contributed by atoms with Crippen molar-refractivity contribution in [3.63, 3.8) is 0 Å². The van der Waals surface area contributed by atoms with E-state index in [2.05, 4.69) is 9.72 Å². The van der Waals surface area contributed by atoms with Crippen LogP contribution in [0.4, 0.5) is 17.6 Å². The minimum Gasteiger partial charge on any atom is -0.406 e. The van der Waals surface area contributed by atoms with Crippen LogP contribution in [-0.2, 0) is 13.1 Å². The molecule has 0 radical (unpaired) electrons. The summed E-state index contributed by atoms with van der Waals surface area (Å²) in [5.41, 5.74) is 4.02. The third-order valence-electron chi connectivity index (χ3n) is 4.47. The normalized spacial score (nSPS) is 13.5. The molecule has 0 aliphatic carbocycles. The Morgan fingerprint density at radius 1 is 1.04 bits per heavy atom. The molecule has 0 amide bonds. The van der Waals surface area contributed by atoms with E-state index >= 15 is 0 Å². The lowest BCUT2D eigenvalue weighted by atomic mass is 10.1. The molecule has 1 aliphatic heterocycles. The first-order valence-corrected chi connectivity index (χ1v) is 8.61. The predicted octanol–water partition coefficient (Wildman–Crippen LogP) is 5.71. The molecule has 4 rings (SSSR count). The van der Waals surface area contributed by atoms with Crippen LogP contribution in [0, 0.1) is 5.82 Å². The van der Waals surface area contributed by atoms with Gasteiger partial charge in [0.1, 0.15) is 11.6 Å². The molecule has 1 aliphatic rings. The van der Waals surface area contributed by atoms with Gasteiger partial charge in [-0.05, 0) is 47.5 Å². The minimum absolute atomic E-state index is 0.244. The molecule has 0 saturated heterocycles. The van der Waals surface area contributed by atoms with Crippen molar-refractivity contribution in [1.82, 2.24) is 9.88 Å². The lowest BCUT2D eigenvalue weighted by Gasteiger charge is -2.23. The quantitative estimate of drug-likeness (QED) is 0.580. The second kappa shape index (κ2) is 7.07. The first-order valence-electron chi connectivity index (χ1n) is 8.61. The van der Waals surface area contributed by atoms with Gasteiger partial charge >= 0.3 is 6.36 Å². The fraction of sp³-hybridized carbons (Fsp3) is 0.143. The molecule has 0 atom stereocenters. The van der Waals surface area contributed by atoms with Crippen molar-refractivity contribution in [3.8, 4) is 17.0 Å². The number of hydrogen-bond acceptors (Lipinski definition) is 2. The SMILES string of the molecule is Fc1ccccc1-c1cc2c([nH]1)CN(Cc1ccc(OC(F)(F)F)cc1)C=C2. The van der Waals surface area contributed by atoms with E-state index in [4.69, 9.17) is 0 Å². The number of alkyl halides is 3. The number of halogens is 4. The van der Waals surface area contributed by atoms with Gasteiger partial charge in [0.25, 0.3) is 0 Å². The Morgan fingerprint density at radius 2 is 1.79 bits per heavy atom. The molecule has 2 aromatic carbocycles. The molecule has 0 unspecified atom stereocenters. The molecular formula is C21H16F4N2O. The molecule has 0 spiro atoms. The topological polar surface area (TPSA) is 28.3 Å². The van der Waals surface area contributed by atoms with E-state index < -0.39 is 6.36 Å². The van der Waals surface area contributed by atoms with Crippen molar-refractivity contribution in [2.45, 2.75) is 19.5 Å². The summed E-state index contributed by atoms with van der Waals surface area (Å²) in [6, 6.07) is 14.3. The van der Waals surface area contributed by atoms with E-state index in [9.17, 15) is 17.6 Å². The van der Waals surface area contributed by atoms with Crippen molar-refractivity contribution in [2.24, 2.45) is 0 Å². The van der Waals surface area contributed by atoms with Gasteiger partial charge in [-0.3, -0.25) is 0 Å². The Morgan fingerprint density at radius 3 is 2.50 bits per heavy atom. The highest BCUT2D eigenvalue weighted by Gasteiger charge is 2.31. The first kappa shape index (κ1) is 18.2. The molecule has 28 heavy (non-hydrogen) atoms. The minimum atomic E-state index is -4.70. The zero-order valence-corrected chi connectivity index (χ0v) is 14.6. The smallest absolute Gasteiger partial charge is 0.406 e. The largest absolute Gasteiger partial charge is 0.573 e. The van der Waals surface area contributed by atoms with Gasteiger partial charge in [0, 0.05) is 29.7 Å². The molecule has 3 aromatic rings. The van der Waals surface area contributed by atoms with Crippen molar-refractivity contribution < 1.29 is 22.3 Å². The van der Waals surface area contributed by atoms with Crippen LogP contribution in [0.1, 0.15) is 16.8 Å². The van der Waals surface area contributed by atoms with Crippen LogP contribution in [0.5, 0.6) is 5.75 Å². The van der Waals surface area contributed by atoms with E-state index in [1.165, 1.54) is 18.2 Å². The van der Waals surface area contributed by atoms with Gasteiger partial charge in [0.05, 0.1) is 6.54 Å². The zero-order valence-electron chi connectivity index (χ0n) is 14.6. The van der Waals surface area contributed by atoms with Crippen LogP contribution in [0.25, 0.3) is 17.3 Å². The number of fused-ring (bicyclic) bond motifs is 1. The van der Waals surface area contributed by atoms with Gasteiger partial charge in [0.2, 0.25) is 0 Å². The number of ether oxygens (including phenoxy) is 1. The molecule has 7 heteroatoms. The predicted molar refractivity (Wildman–Crippen MR) is 97.6 cm³/mol. The Hall–Kier alpha value is -3.22. The fourth-order valence-electron chi connectivity index (χ4n) is 3.20.